The number of benzene rings is 5. The summed E-state index contributed by atoms with van der Waals surface area (Å²) in [6.07, 6.45) is -2.71. The second-order valence-electron chi connectivity index (χ2n) is 12.2. The zero-order valence-electron chi connectivity index (χ0n) is 27.9. The predicted molar refractivity (Wildman–Crippen MR) is 196 cm³/mol. The van der Waals surface area contributed by atoms with E-state index in [2.05, 4.69) is 17.2 Å². The van der Waals surface area contributed by atoms with E-state index in [1.807, 2.05) is 103 Å². The Morgan fingerprint density at radius 1 is 0.712 bits per heavy atom. The number of alkyl halides is 3. The van der Waals surface area contributed by atoms with Gasteiger partial charge in [0.25, 0.3) is 5.91 Å². The third-order valence-corrected chi connectivity index (χ3v) is 9.05. The lowest BCUT2D eigenvalue weighted by Crippen LogP contribution is -2.44. The minimum absolute atomic E-state index is 0.000776. The van der Waals surface area contributed by atoms with Crippen molar-refractivity contribution in [3.05, 3.63) is 196 Å². The molecule has 0 bridgehead atoms. The Balaban J connectivity index is 1.24. The average Bonchev–Trinajstić information content (AvgIpc) is 3.43. The molecule has 0 radical (unpaired) electrons. The highest BCUT2D eigenvalue weighted by molar-refractivity contribution is 5.95. The summed E-state index contributed by atoms with van der Waals surface area (Å²) in [6.45, 7) is -0.000776. The zero-order valence-corrected chi connectivity index (χ0v) is 27.9. The van der Waals surface area contributed by atoms with Gasteiger partial charge in [-0.1, -0.05) is 115 Å². The van der Waals surface area contributed by atoms with Crippen molar-refractivity contribution in [2.45, 2.75) is 11.7 Å². The van der Waals surface area contributed by atoms with Crippen molar-refractivity contribution in [3.63, 3.8) is 0 Å². The number of nitrogens with one attached hydrogen (secondary N) is 1. The molecule has 256 valence electrons. The molecule has 1 N–H and O–H groups in total. The number of carbonyl (C=O) groups is 1. The highest BCUT2D eigenvalue weighted by atomic mass is 19.4. The van der Waals surface area contributed by atoms with Crippen molar-refractivity contribution < 1.29 is 18.0 Å². The molecule has 7 rings (SSSR count). The topological polar surface area (TPSA) is 68.9 Å². The van der Waals surface area contributed by atoms with Gasteiger partial charge in [0.05, 0.1) is 17.6 Å². The number of amides is 1. The van der Waals surface area contributed by atoms with E-state index in [9.17, 15) is 22.8 Å². The van der Waals surface area contributed by atoms with Crippen LogP contribution in [0.25, 0.3) is 22.3 Å². The Labute approximate surface area is 297 Å². The minimum atomic E-state index is -4.42. The summed E-state index contributed by atoms with van der Waals surface area (Å²) < 4.78 is 41.9. The fourth-order valence-electron chi connectivity index (χ4n) is 6.55. The number of hydrogen-bond acceptors (Lipinski definition) is 3. The van der Waals surface area contributed by atoms with E-state index in [0.29, 0.717) is 27.9 Å². The largest absolute Gasteiger partial charge is 0.416 e. The van der Waals surface area contributed by atoms with Crippen LogP contribution in [-0.2, 0) is 18.8 Å². The molecule has 9 heteroatoms. The van der Waals surface area contributed by atoms with Crippen LogP contribution in [0.15, 0.2) is 157 Å². The summed E-state index contributed by atoms with van der Waals surface area (Å²) in [5, 5.41) is 2.74. The Hall–Kier alpha value is -6.66. The van der Waals surface area contributed by atoms with Crippen LogP contribution in [0.5, 0.6) is 0 Å². The van der Waals surface area contributed by atoms with Crippen molar-refractivity contribution in [1.29, 1.82) is 0 Å². The van der Waals surface area contributed by atoms with Gasteiger partial charge in [0.1, 0.15) is 5.54 Å². The summed E-state index contributed by atoms with van der Waals surface area (Å²) in [5.74, 6) is 5.18. The summed E-state index contributed by atoms with van der Waals surface area (Å²) in [4.78, 5) is 32.5. The van der Waals surface area contributed by atoms with Crippen LogP contribution in [0.2, 0.25) is 0 Å². The van der Waals surface area contributed by atoms with Crippen molar-refractivity contribution in [2.75, 3.05) is 6.54 Å². The fraction of sp³-hybridized carbons (Fsp3) is 0.0930. The van der Waals surface area contributed by atoms with E-state index in [1.165, 1.54) is 12.1 Å². The molecule has 0 fully saturated rings. The molecule has 1 amide bonds. The minimum Gasteiger partial charge on any atom is -0.341 e. The maximum Gasteiger partial charge on any atom is 0.416 e. The molecule has 7 aromatic rings. The van der Waals surface area contributed by atoms with Crippen molar-refractivity contribution >= 4 is 17.1 Å². The molecular weight excluding hydrogens is 661 g/mol. The van der Waals surface area contributed by atoms with E-state index in [1.54, 1.807) is 40.6 Å². The van der Waals surface area contributed by atoms with Crippen molar-refractivity contribution in [1.82, 2.24) is 19.4 Å². The smallest absolute Gasteiger partial charge is 0.341 e. The van der Waals surface area contributed by atoms with Gasteiger partial charge < -0.3 is 5.32 Å². The van der Waals surface area contributed by atoms with Crippen LogP contribution in [0.4, 0.5) is 13.2 Å². The SMILES string of the molecule is Cn1c(=O)n(C(c2ccccc2)(c2ccccc2)c2ccccc2)c2ncc(-c3cccc(C(=O)NCC#Cc4ccc(C(F)(F)F)cc4)c3)cc21. The Kier molecular flexibility index (Phi) is 9.06. The first-order valence-corrected chi connectivity index (χ1v) is 16.5. The van der Waals surface area contributed by atoms with Gasteiger partial charge in [-0.25, -0.2) is 9.78 Å². The summed E-state index contributed by atoms with van der Waals surface area (Å²) in [5.41, 5.74) is 3.98. The third kappa shape index (κ3) is 6.27. The van der Waals surface area contributed by atoms with Gasteiger partial charge in [0, 0.05) is 29.9 Å². The molecule has 6 nitrogen and oxygen atoms in total. The number of imidazole rings is 1. The highest BCUT2D eigenvalue weighted by Crippen LogP contribution is 2.41. The van der Waals surface area contributed by atoms with Crippen LogP contribution in [0.3, 0.4) is 0 Å². The van der Waals surface area contributed by atoms with E-state index >= 15 is 0 Å². The van der Waals surface area contributed by atoms with Crippen LogP contribution in [0, 0.1) is 11.8 Å². The lowest BCUT2D eigenvalue weighted by molar-refractivity contribution is -0.137. The number of halogens is 3. The zero-order chi connectivity index (χ0) is 36.3. The van der Waals surface area contributed by atoms with E-state index in [4.69, 9.17) is 4.98 Å². The van der Waals surface area contributed by atoms with Gasteiger partial charge in [0.15, 0.2) is 5.65 Å². The number of fused-ring (bicyclic) bond motifs is 1. The van der Waals surface area contributed by atoms with Crippen molar-refractivity contribution in [3.8, 4) is 23.0 Å². The number of carbonyl (C=O) groups excluding carboxylic acids is 1. The number of aromatic nitrogens is 3. The number of pyridine rings is 1. The summed E-state index contributed by atoms with van der Waals surface area (Å²) in [7, 11) is 1.73. The number of hydrogen-bond donors (Lipinski definition) is 1. The number of aryl methyl sites for hydroxylation is 1. The average molecular weight is 693 g/mol. The molecule has 2 heterocycles. The normalized spacial score (nSPS) is 11.5. The molecule has 5 aromatic carbocycles. The number of nitrogens with zero attached hydrogens (tertiary/aromatic N) is 3. The second kappa shape index (κ2) is 13.9. The van der Waals surface area contributed by atoms with Gasteiger partial charge in [-0.2, -0.15) is 13.2 Å². The van der Waals surface area contributed by atoms with Crippen LogP contribution < -0.4 is 11.0 Å². The molecule has 0 aliphatic rings. The highest BCUT2D eigenvalue weighted by Gasteiger charge is 2.42. The van der Waals surface area contributed by atoms with E-state index in [-0.39, 0.29) is 18.1 Å². The summed E-state index contributed by atoms with van der Waals surface area (Å²) >= 11 is 0. The van der Waals surface area contributed by atoms with Crippen molar-refractivity contribution in [2.24, 2.45) is 7.05 Å². The molecule has 0 unspecified atom stereocenters. The molecule has 0 saturated heterocycles. The molecule has 52 heavy (non-hydrogen) atoms. The Morgan fingerprint density at radius 2 is 1.29 bits per heavy atom. The summed E-state index contributed by atoms with van der Waals surface area (Å²) in [6, 6.07) is 43.2. The number of rotatable bonds is 7. The maximum absolute atomic E-state index is 14.5. The van der Waals surface area contributed by atoms with Gasteiger partial charge in [0.2, 0.25) is 0 Å². The Bertz CT molecular complexity index is 2400. The van der Waals surface area contributed by atoms with Gasteiger partial charge in [-0.3, -0.25) is 13.9 Å². The molecule has 2 aromatic heterocycles. The fourth-order valence-corrected chi connectivity index (χ4v) is 6.55. The third-order valence-electron chi connectivity index (χ3n) is 9.05. The Morgan fingerprint density at radius 3 is 1.85 bits per heavy atom. The second-order valence-corrected chi connectivity index (χ2v) is 12.2. The molecule has 0 aliphatic heterocycles. The first-order chi connectivity index (χ1) is 25.2. The van der Waals surface area contributed by atoms with Crippen LogP contribution in [0.1, 0.15) is 38.2 Å². The molecule has 0 aliphatic carbocycles. The monoisotopic (exact) mass is 692 g/mol. The lowest BCUT2D eigenvalue weighted by atomic mass is 9.76. The van der Waals surface area contributed by atoms with Gasteiger partial charge >= 0.3 is 11.9 Å². The van der Waals surface area contributed by atoms with Crippen LogP contribution in [-0.4, -0.2) is 26.6 Å². The molecular formula is C43H31F3N4O2. The van der Waals surface area contributed by atoms with Gasteiger partial charge in [-0.15, -0.1) is 0 Å². The molecule has 0 spiro atoms. The predicted octanol–water partition coefficient (Wildman–Crippen LogP) is 8.04. The van der Waals surface area contributed by atoms with Crippen LogP contribution >= 0.6 is 0 Å². The molecule has 0 atom stereocenters. The lowest BCUT2D eigenvalue weighted by Gasteiger charge is -2.36. The van der Waals surface area contributed by atoms with E-state index < -0.39 is 17.3 Å². The molecule has 0 saturated carbocycles. The first-order valence-electron chi connectivity index (χ1n) is 16.5. The van der Waals surface area contributed by atoms with E-state index in [0.717, 1.165) is 34.4 Å². The maximum atomic E-state index is 14.5. The van der Waals surface area contributed by atoms with Gasteiger partial charge in [-0.05, 0) is 64.7 Å². The first kappa shape index (κ1) is 33.8. The quantitative estimate of drug-likeness (QED) is 0.136. The standard InChI is InChI=1S/C43H31F3N4O2/c1-49-38-28-33(31-14-11-15-32(27-31)40(51)47-26-12-13-30-22-24-37(25-23-30)43(44,45)46)29-48-39(38)50(41(49)52)42(34-16-5-2-6-17-34,35-18-7-3-8-19-35)36-20-9-4-10-21-36/h2-11,14-25,27-29H,26H2,1H3,(H,47,51).